The van der Waals surface area contributed by atoms with Crippen molar-refractivity contribution in [1.29, 1.82) is 0 Å². The SMILES string of the molecule is c1ccc(-c2c3c(c(-c4ccccc4)c4ccccc24)-c2cc4c(c5cccc-3c25)-c2ccccc2C42c3ccccc3-c3ccccc32)cc1. The minimum absolute atomic E-state index is 0.408. The summed E-state index contributed by atoms with van der Waals surface area (Å²) in [5.74, 6) is 0. The molecular weight excluding hydrogens is 613 g/mol. The second-order valence-electron chi connectivity index (χ2n) is 14.2. The Labute approximate surface area is 296 Å². The van der Waals surface area contributed by atoms with Gasteiger partial charge in [0.05, 0.1) is 5.41 Å². The predicted octanol–water partition coefficient (Wildman–Crippen LogP) is 13.3. The Balaban J connectivity index is 1.32. The van der Waals surface area contributed by atoms with Crippen LogP contribution in [0.15, 0.2) is 182 Å². The molecule has 0 amide bonds. The van der Waals surface area contributed by atoms with E-state index in [1.54, 1.807) is 0 Å². The standard InChI is InChI=1S/C51H30/c1-3-16-31(17-4-1)45-35-22-7-8-23-36(35)46(32-18-5-2-6-19-32)50-40-30-44-48(38-25-15-26-39(47(38)40)49(45)50)37-24-11-14-29-43(37)51(44)41-27-12-9-20-33(41)34-21-10-13-28-42(34)51/h1-30H. The van der Waals surface area contributed by atoms with Crippen LogP contribution < -0.4 is 0 Å². The molecule has 0 atom stereocenters. The summed E-state index contributed by atoms with van der Waals surface area (Å²) in [4.78, 5) is 0. The third-order valence-electron chi connectivity index (χ3n) is 12.0. The first kappa shape index (κ1) is 27.3. The van der Waals surface area contributed by atoms with E-state index >= 15 is 0 Å². The van der Waals surface area contributed by atoms with E-state index in [1.165, 1.54) is 111 Å². The molecule has 0 unspecified atom stereocenters. The van der Waals surface area contributed by atoms with E-state index in [0.717, 1.165) is 0 Å². The van der Waals surface area contributed by atoms with E-state index < -0.39 is 5.41 Å². The van der Waals surface area contributed by atoms with Gasteiger partial charge in [-0.15, -0.1) is 0 Å². The minimum Gasteiger partial charge on any atom is -0.0622 e. The highest BCUT2D eigenvalue weighted by atomic mass is 14.5. The molecule has 3 aliphatic carbocycles. The van der Waals surface area contributed by atoms with Gasteiger partial charge in [0.1, 0.15) is 0 Å². The molecule has 0 bridgehead atoms. The van der Waals surface area contributed by atoms with Crippen LogP contribution >= 0.6 is 0 Å². The maximum Gasteiger partial charge on any atom is 0.0725 e. The maximum atomic E-state index is 2.61. The van der Waals surface area contributed by atoms with Crippen molar-refractivity contribution in [2.24, 2.45) is 0 Å². The van der Waals surface area contributed by atoms with Crippen molar-refractivity contribution in [1.82, 2.24) is 0 Å². The second kappa shape index (κ2) is 9.81. The molecule has 1 spiro atoms. The van der Waals surface area contributed by atoms with Gasteiger partial charge >= 0.3 is 0 Å². The van der Waals surface area contributed by atoms with Crippen LogP contribution in [0.3, 0.4) is 0 Å². The molecule has 0 fully saturated rings. The van der Waals surface area contributed by atoms with Crippen LogP contribution in [0.5, 0.6) is 0 Å². The van der Waals surface area contributed by atoms with Crippen molar-refractivity contribution >= 4 is 21.5 Å². The van der Waals surface area contributed by atoms with E-state index in [2.05, 4.69) is 182 Å². The summed E-state index contributed by atoms with van der Waals surface area (Å²) in [6.45, 7) is 0. The molecular formula is C51H30. The van der Waals surface area contributed by atoms with Crippen LogP contribution in [0, 0.1) is 0 Å². The molecule has 0 radical (unpaired) electrons. The Bertz CT molecular complexity index is 2900. The van der Waals surface area contributed by atoms with Crippen molar-refractivity contribution in [3.8, 4) is 66.8 Å². The van der Waals surface area contributed by atoms with Gasteiger partial charge in [-0.1, -0.05) is 176 Å². The van der Waals surface area contributed by atoms with Crippen LogP contribution in [0.1, 0.15) is 22.3 Å². The Kier molecular flexibility index (Phi) is 5.26. The van der Waals surface area contributed by atoms with E-state index in [1.807, 2.05) is 0 Å². The molecule has 0 heterocycles. The van der Waals surface area contributed by atoms with Gasteiger partial charge in [-0.25, -0.2) is 0 Å². The lowest BCUT2D eigenvalue weighted by Crippen LogP contribution is -2.25. The first-order chi connectivity index (χ1) is 25.4. The molecule has 12 rings (SSSR count). The lowest BCUT2D eigenvalue weighted by molar-refractivity contribution is 0.795. The van der Waals surface area contributed by atoms with Gasteiger partial charge in [-0.3, -0.25) is 0 Å². The van der Waals surface area contributed by atoms with Gasteiger partial charge in [-0.2, -0.15) is 0 Å². The van der Waals surface area contributed by atoms with Crippen LogP contribution in [-0.4, -0.2) is 0 Å². The summed E-state index contributed by atoms with van der Waals surface area (Å²) in [6.07, 6.45) is 0. The summed E-state index contributed by atoms with van der Waals surface area (Å²) >= 11 is 0. The molecule has 9 aromatic carbocycles. The fourth-order valence-corrected chi connectivity index (χ4v) is 10.3. The number of rotatable bonds is 2. The van der Waals surface area contributed by atoms with Crippen molar-refractivity contribution in [3.05, 3.63) is 204 Å². The van der Waals surface area contributed by atoms with E-state index in [0.29, 0.717) is 0 Å². The van der Waals surface area contributed by atoms with Crippen LogP contribution in [-0.2, 0) is 5.41 Å². The molecule has 0 saturated heterocycles. The highest BCUT2D eigenvalue weighted by Gasteiger charge is 2.52. The van der Waals surface area contributed by atoms with Crippen molar-refractivity contribution in [3.63, 3.8) is 0 Å². The van der Waals surface area contributed by atoms with Gasteiger partial charge in [0.25, 0.3) is 0 Å². The molecule has 51 heavy (non-hydrogen) atoms. The van der Waals surface area contributed by atoms with Gasteiger partial charge in [-0.05, 0) is 117 Å². The molecule has 9 aromatic rings. The van der Waals surface area contributed by atoms with E-state index in [4.69, 9.17) is 0 Å². The predicted molar refractivity (Wildman–Crippen MR) is 213 cm³/mol. The van der Waals surface area contributed by atoms with Crippen molar-refractivity contribution in [2.75, 3.05) is 0 Å². The molecule has 0 aliphatic heterocycles. The molecule has 234 valence electrons. The zero-order valence-corrected chi connectivity index (χ0v) is 27.8. The van der Waals surface area contributed by atoms with Gasteiger partial charge in [0.15, 0.2) is 0 Å². The smallest absolute Gasteiger partial charge is 0.0622 e. The molecule has 0 nitrogen and oxygen atoms in total. The minimum atomic E-state index is -0.408. The maximum absolute atomic E-state index is 2.61. The Hall–Kier alpha value is -6.50. The largest absolute Gasteiger partial charge is 0.0725 e. The quantitative estimate of drug-likeness (QED) is 0.176. The summed E-state index contributed by atoms with van der Waals surface area (Å²) in [5, 5.41) is 5.28. The molecule has 0 N–H and O–H groups in total. The average Bonchev–Trinajstić information content (AvgIpc) is 3.80. The number of hydrogen-bond acceptors (Lipinski definition) is 0. The Morgan fingerprint density at radius 1 is 0.255 bits per heavy atom. The zero-order chi connectivity index (χ0) is 33.3. The van der Waals surface area contributed by atoms with E-state index in [9.17, 15) is 0 Å². The Morgan fingerprint density at radius 2 is 0.686 bits per heavy atom. The highest BCUT2D eigenvalue weighted by Crippen LogP contribution is 2.67. The van der Waals surface area contributed by atoms with Gasteiger partial charge < -0.3 is 0 Å². The third-order valence-corrected chi connectivity index (χ3v) is 12.0. The van der Waals surface area contributed by atoms with E-state index in [-0.39, 0.29) is 0 Å². The fraction of sp³-hybridized carbons (Fsp3) is 0.0196. The molecule has 0 heteroatoms. The first-order valence-corrected chi connectivity index (χ1v) is 18.0. The topological polar surface area (TPSA) is 0 Å². The summed E-state index contributed by atoms with van der Waals surface area (Å²) in [5.41, 5.74) is 21.0. The molecule has 3 aliphatic rings. The summed E-state index contributed by atoms with van der Waals surface area (Å²) in [7, 11) is 0. The van der Waals surface area contributed by atoms with Crippen LogP contribution in [0.25, 0.3) is 88.3 Å². The normalized spacial score (nSPS) is 13.6. The summed E-state index contributed by atoms with van der Waals surface area (Å²) in [6, 6.07) is 68.3. The zero-order valence-electron chi connectivity index (χ0n) is 27.8. The number of fused-ring (bicyclic) bond motifs is 15. The second-order valence-corrected chi connectivity index (χ2v) is 14.2. The summed E-state index contributed by atoms with van der Waals surface area (Å²) < 4.78 is 0. The lowest BCUT2D eigenvalue weighted by Gasteiger charge is -2.31. The first-order valence-electron chi connectivity index (χ1n) is 18.0. The molecule has 0 aromatic heterocycles. The average molecular weight is 643 g/mol. The van der Waals surface area contributed by atoms with Crippen molar-refractivity contribution < 1.29 is 0 Å². The number of hydrogen-bond donors (Lipinski definition) is 0. The van der Waals surface area contributed by atoms with Gasteiger partial charge in [0.2, 0.25) is 0 Å². The Morgan fingerprint density at radius 3 is 1.27 bits per heavy atom. The third kappa shape index (κ3) is 3.26. The highest BCUT2D eigenvalue weighted by molar-refractivity contribution is 6.29. The van der Waals surface area contributed by atoms with Crippen molar-refractivity contribution in [2.45, 2.75) is 5.41 Å². The lowest BCUT2D eigenvalue weighted by atomic mass is 9.70. The molecule has 0 saturated carbocycles. The monoisotopic (exact) mass is 642 g/mol. The van der Waals surface area contributed by atoms with Crippen LogP contribution in [0.2, 0.25) is 0 Å². The van der Waals surface area contributed by atoms with Crippen LogP contribution in [0.4, 0.5) is 0 Å². The van der Waals surface area contributed by atoms with Gasteiger partial charge in [0, 0.05) is 0 Å². The fourth-order valence-electron chi connectivity index (χ4n) is 10.3. The number of benzene rings is 9.